The van der Waals surface area contributed by atoms with Gasteiger partial charge in [-0.15, -0.1) is 0 Å². The molecule has 0 bridgehead atoms. The molecule has 0 N–H and O–H groups in total. The molecule has 118 valence electrons. The molecule has 1 aromatic heterocycles. The Kier molecular flexibility index (Phi) is 3.75. The summed E-state index contributed by atoms with van der Waals surface area (Å²) < 4.78 is 5.89. The van der Waals surface area contributed by atoms with Crippen LogP contribution in [0.2, 0.25) is 0 Å². The molecule has 24 heavy (non-hydrogen) atoms. The molecule has 3 nitrogen and oxygen atoms in total. The number of allylic oxidation sites excluding steroid dienone is 5. The van der Waals surface area contributed by atoms with Crippen LogP contribution in [0.25, 0.3) is 11.1 Å². The van der Waals surface area contributed by atoms with Crippen LogP contribution in [-0.4, -0.2) is 12.0 Å². The summed E-state index contributed by atoms with van der Waals surface area (Å²) >= 11 is 0. The van der Waals surface area contributed by atoms with Crippen molar-refractivity contribution in [3.8, 4) is 0 Å². The van der Waals surface area contributed by atoms with Crippen molar-refractivity contribution in [1.82, 2.24) is 4.98 Å². The fourth-order valence-electron chi connectivity index (χ4n) is 2.82. The molecule has 1 unspecified atom stereocenters. The average Bonchev–Trinajstić information content (AvgIpc) is 2.91. The fraction of sp³-hybridized carbons (Fsp3) is 0.0952. The van der Waals surface area contributed by atoms with Crippen LogP contribution in [-0.2, 0) is 0 Å². The number of rotatable bonds is 3. The van der Waals surface area contributed by atoms with Crippen molar-refractivity contribution in [2.45, 2.75) is 5.92 Å². The maximum atomic E-state index is 5.89. The minimum atomic E-state index is 0.0373. The van der Waals surface area contributed by atoms with Crippen LogP contribution >= 0.6 is 0 Å². The summed E-state index contributed by atoms with van der Waals surface area (Å²) in [5.74, 6) is 0.760. The summed E-state index contributed by atoms with van der Waals surface area (Å²) in [5.41, 5.74) is 4.00. The van der Waals surface area contributed by atoms with E-state index in [2.05, 4.69) is 59.4 Å². The number of nitrogens with zero attached hydrogens (tertiary/aromatic N) is 2. The third-order valence-corrected chi connectivity index (χ3v) is 4.19. The van der Waals surface area contributed by atoms with Crippen LogP contribution in [0.1, 0.15) is 11.8 Å². The zero-order valence-electron chi connectivity index (χ0n) is 13.5. The van der Waals surface area contributed by atoms with Gasteiger partial charge in [0.2, 0.25) is 5.89 Å². The van der Waals surface area contributed by atoms with Crippen molar-refractivity contribution in [1.29, 1.82) is 0 Å². The number of para-hydroxylation sites is 3. The van der Waals surface area contributed by atoms with E-state index in [-0.39, 0.29) is 5.92 Å². The van der Waals surface area contributed by atoms with E-state index < -0.39 is 0 Å². The van der Waals surface area contributed by atoms with E-state index in [9.17, 15) is 0 Å². The monoisotopic (exact) mass is 314 g/mol. The molecule has 0 fully saturated rings. The molecular formula is C21H18N2O. The molecule has 4 rings (SSSR count). The maximum absolute atomic E-state index is 5.89. The van der Waals surface area contributed by atoms with E-state index in [0.717, 1.165) is 28.4 Å². The maximum Gasteiger partial charge on any atom is 0.206 e. The Morgan fingerprint density at radius 3 is 2.58 bits per heavy atom. The molecular weight excluding hydrogens is 296 g/mol. The summed E-state index contributed by atoms with van der Waals surface area (Å²) in [5, 5.41) is 0. The topological polar surface area (TPSA) is 29.3 Å². The number of oxazole rings is 1. The Hall–Kier alpha value is -3.07. The lowest BCUT2D eigenvalue weighted by molar-refractivity contribution is 0.530. The molecule has 0 amide bonds. The number of hydrogen-bond donors (Lipinski definition) is 0. The normalized spacial score (nSPS) is 16.9. The number of aromatic nitrogens is 1. The summed E-state index contributed by atoms with van der Waals surface area (Å²) in [7, 11) is 2.07. The first kappa shape index (κ1) is 14.5. The van der Waals surface area contributed by atoms with Gasteiger partial charge in [0.1, 0.15) is 5.52 Å². The number of hydrogen-bond acceptors (Lipinski definition) is 3. The first-order chi connectivity index (χ1) is 11.8. The molecule has 0 spiro atoms. The minimum Gasteiger partial charge on any atom is -0.440 e. The second kappa shape index (κ2) is 6.20. The Balaban J connectivity index is 1.60. The predicted molar refractivity (Wildman–Crippen MR) is 98.0 cm³/mol. The lowest BCUT2D eigenvalue weighted by Crippen LogP contribution is -2.14. The Morgan fingerprint density at radius 1 is 0.958 bits per heavy atom. The van der Waals surface area contributed by atoms with Crippen molar-refractivity contribution in [2.75, 3.05) is 11.9 Å². The quantitative estimate of drug-likeness (QED) is 0.677. The van der Waals surface area contributed by atoms with Crippen molar-refractivity contribution < 1.29 is 4.42 Å². The first-order valence-corrected chi connectivity index (χ1v) is 8.02. The zero-order chi connectivity index (χ0) is 16.4. The molecule has 1 aliphatic rings. The highest BCUT2D eigenvalue weighted by molar-refractivity contribution is 5.72. The smallest absolute Gasteiger partial charge is 0.206 e. The van der Waals surface area contributed by atoms with Crippen LogP contribution in [0.15, 0.2) is 95.1 Å². The van der Waals surface area contributed by atoms with Gasteiger partial charge in [-0.1, -0.05) is 48.6 Å². The molecule has 3 heteroatoms. The van der Waals surface area contributed by atoms with Gasteiger partial charge in [-0.05, 0) is 36.4 Å². The molecule has 0 radical (unpaired) electrons. The van der Waals surface area contributed by atoms with Gasteiger partial charge in [-0.2, -0.15) is 0 Å². The highest BCUT2D eigenvalue weighted by Gasteiger charge is 2.15. The third kappa shape index (κ3) is 2.76. The largest absolute Gasteiger partial charge is 0.440 e. The zero-order valence-corrected chi connectivity index (χ0v) is 13.5. The molecule has 0 aliphatic heterocycles. The van der Waals surface area contributed by atoms with Gasteiger partial charge >= 0.3 is 0 Å². The Morgan fingerprint density at radius 2 is 1.75 bits per heavy atom. The van der Waals surface area contributed by atoms with Crippen LogP contribution in [0.4, 0.5) is 5.69 Å². The highest BCUT2D eigenvalue weighted by atomic mass is 16.3. The van der Waals surface area contributed by atoms with E-state index >= 15 is 0 Å². The molecule has 1 heterocycles. The van der Waals surface area contributed by atoms with Gasteiger partial charge in [0.15, 0.2) is 5.58 Å². The van der Waals surface area contributed by atoms with Gasteiger partial charge in [-0.25, -0.2) is 4.98 Å². The van der Waals surface area contributed by atoms with Gasteiger partial charge in [-0.3, -0.25) is 0 Å². The second-order valence-electron chi connectivity index (χ2n) is 5.78. The molecule has 0 saturated carbocycles. The molecule has 0 saturated heterocycles. The number of benzene rings is 2. The van der Waals surface area contributed by atoms with Crippen molar-refractivity contribution in [3.63, 3.8) is 0 Å². The van der Waals surface area contributed by atoms with Crippen LogP contribution in [0, 0.1) is 0 Å². The Labute approximate surface area is 141 Å². The lowest BCUT2D eigenvalue weighted by atomic mass is 10.1. The van der Waals surface area contributed by atoms with E-state index in [1.807, 2.05) is 42.5 Å². The molecule has 2 aromatic carbocycles. The standard InChI is InChI=1S/C21H18N2O/c1-23(17-9-3-2-4-10-17)18-11-7-8-16(14-15-18)21-22-19-12-5-6-13-20(19)24-21/h2-16H,1H3. The fourth-order valence-corrected chi connectivity index (χ4v) is 2.82. The van der Waals surface area contributed by atoms with E-state index in [0.29, 0.717) is 0 Å². The van der Waals surface area contributed by atoms with E-state index in [1.54, 1.807) is 0 Å². The van der Waals surface area contributed by atoms with Gasteiger partial charge < -0.3 is 9.32 Å². The number of likely N-dealkylation sites (N-methyl/N-ethyl adjacent to an activating group) is 1. The lowest BCUT2D eigenvalue weighted by Gasteiger charge is -2.20. The van der Waals surface area contributed by atoms with Crippen molar-refractivity contribution in [2.24, 2.45) is 0 Å². The average molecular weight is 314 g/mol. The van der Waals surface area contributed by atoms with Crippen LogP contribution < -0.4 is 4.90 Å². The van der Waals surface area contributed by atoms with Crippen molar-refractivity contribution >= 4 is 16.8 Å². The van der Waals surface area contributed by atoms with Crippen LogP contribution in [0.5, 0.6) is 0 Å². The molecule has 1 atom stereocenters. The second-order valence-corrected chi connectivity index (χ2v) is 5.78. The summed E-state index contributed by atoms with van der Waals surface area (Å²) in [6, 6.07) is 18.2. The Bertz CT molecular complexity index is 902. The first-order valence-electron chi connectivity index (χ1n) is 8.02. The van der Waals surface area contributed by atoms with Crippen LogP contribution in [0.3, 0.4) is 0 Å². The van der Waals surface area contributed by atoms with Crippen molar-refractivity contribution in [3.05, 3.63) is 96.6 Å². The third-order valence-electron chi connectivity index (χ3n) is 4.19. The molecule has 3 aromatic rings. The summed E-state index contributed by atoms with van der Waals surface area (Å²) in [4.78, 5) is 6.76. The SMILES string of the molecule is CN(C1=CC=CC(c2nc3ccccc3o2)C=C1)c1ccccc1. The van der Waals surface area contributed by atoms with E-state index in [4.69, 9.17) is 4.42 Å². The van der Waals surface area contributed by atoms with Gasteiger partial charge in [0.25, 0.3) is 0 Å². The summed E-state index contributed by atoms with van der Waals surface area (Å²) in [6.07, 6.45) is 10.5. The minimum absolute atomic E-state index is 0.0373. The predicted octanol–water partition coefficient (Wildman–Crippen LogP) is 5.06. The van der Waals surface area contributed by atoms with Gasteiger partial charge in [0.05, 0.1) is 5.92 Å². The molecule has 1 aliphatic carbocycles. The van der Waals surface area contributed by atoms with Gasteiger partial charge in [0, 0.05) is 18.4 Å². The van der Waals surface area contributed by atoms with E-state index in [1.165, 1.54) is 0 Å². The summed E-state index contributed by atoms with van der Waals surface area (Å²) in [6.45, 7) is 0. The number of anilines is 1. The number of fused-ring (bicyclic) bond motifs is 1. The highest BCUT2D eigenvalue weighted by Crippen LogP contribution is 2.27.